The molecule has 5 nitrogen and oxygen atoms in total. The molecule has 0 radical (unpaired) electrons. The fraction of sp³-hybridized carbons (Fsp3) is 0.444. The van der Waals surface area contributed by atoms with Crippen LogP contribution >= 0.6 is 15.9 Å². The van der Waals surface area contributed by atoms with E-state index in [2.05, 4.69) is 15.9 Å². The zero-order chi connectivity index (χ0) is 17.1. The minimum Gasteiger partial charge on any atom is -0.463 e. The third-order valence-electron chi connectivity index (χ3n) is 4.87. The lowest BCUT2D eigenvalue weighted by Crippen LogP contribution is -2.40. The minimum atomic E-state index is -0.725. The normalized spacial score (nSPS) is 33.4. The number of ether oxygens (including phenoxy) is 2. The van der Waals surface area contributed by atoms with E-state index in [4.69, 9.17) is 9.47 Å². The average molecular weight is 392 g/mol. The molecule has 0 aromatic heterocycles. The molecule has 3 aliphatic rings. The molecule has 0 saturated carbocycles. The van der Waals surface area contributed by atoms with E-state index in [0.717, 1.165) is 10.2 Å². The largest absolute Gasteiger partial charge is 0.463 e. The van der Waals surface area contributed by atoms with Crippen molar-refractivity contribution in [2.45, 2.75) is 31.7 Å². The van der Waals surface area contributed by atoms with Gasteiger partial charge in [-0.05, 0) is 41.9 Å². The zero-order valence-electron chi connectivity index (χ0n) is 13.4. The summed E-state index contributed by atoms with van der Waals surface area (Å²) >= 11 is 3.50. The van der Waals surface area contributed by atoms with Crippen LogP contribution < -0.4 is 4.90 Å². The van der Waals surface area contributed by atoms with Crippen LogP contribution in [0.4, 0.5) is 5.69 Å². The molecular formula is C18H18BrNO4. The first-order chi connectivity index (χ1) is 11.4. The Kier molecular flexibility index (Phi) is 3.58. The Hall–Kier alpha value is -1.66. The maximum absolute atomic E-state index is 13.1. The van der Waals surface area contributed by atoms with E-state index < -0.39 is 17.4 Å². The molecular weight excluding hydrogens is 374 g/mol. The summed E-state index contributed by atoms with van der Waals surface area (Å²) in [4.78, 5) is 27.3. The van der Waals surface area contributed by atoms with Crippen LogP contribution in [0.25, 0.3) is 0 Å². The molecule has 2 fully saturated rings. The average Bonchev–Trinajstić information content (AvgIpc) is 3.15. The highest BCUT2D eigenvalue weighted by molar-refractivity contribution is 9.10. The molecule has 3 heterocycles. The fourth-order valence-electron chi connectivity index (χ4n) is 3.95. The van der Waals surface area contributed by atoms with Crippen molar-refractivity contribution in [2.24, 2.45) is 11.8 Å². The van der Waals surface area contributed by atoms with Crippen LogP contribution in [0, 0.1) is 11.8 Å². The summed E-state index contributed by atoms with van der Waals surface area (Å²) < 4.78 is 12.3. The lowest BCUT2D eigenvalue weighted by Gasteiger charge is -2.23. The molecule has 4 atom stereocenters. The number of halogens is 1. The molecule has 2 bridgehead atoms. The van der Waals surface area contributed by atoms with Gasteiger partial charge in [0.1, 0.15) is 11.5 Å². The Bertz CT molecular complexity index is 746. The second-order valence-corrected chi connectivity index (χ2v) is 7.62. The highest BCUT2D eigenvalue weighted by Crippen LogP contribution is 2.53. The number of hydrogen-bond donors (Lipinski definition) is 0. The molecule has 0 unspecified atom stereocenters. The van der Waals surface area contributed by atoms with E-state index in [1.165, 1.54) is 0 Å². The molecule has 2 saturated heterocycles. The number of nitrogens with zero attached hydrogens (tertiary/aromatic N) is 1. The van der Waals surface area contributed by atoms with Crippen molar-refractivity contribution in [2.75, 3.05) is 11.4 Å². The van der Waals surface area contributed by atoms with Gasteiger partial charge in [-0.15, -0.1) is 0 Å². The van der Waals surface area contributed by atoms with Crippen molar-refractivity contribution < 1.29 is 19.1 Å². The van der Waals surface area contributed by atoms with Gasteiger partial charge in [-0.3, -0.25) is 9.59 Å². The number of anilines is 1. The predicted molar refractivity (Wildman–Crippen MR) is 91.4 cm³/mol. The summed E-state index contributed by atoms with van der Waals surface area (Å²) in [6, 6.07) is 7.57. The number of rotatable bonds is 3. The lowest BCUT2D eigenvalue weighted by molar-refractivity contribution is -0.156. The number of carbonyl (C=O) groups excluding carboxylic acids is 2. The maximum Gasteiger partial charge on any atom is 0.313 e. The Morgan fingerprint density at radius 2 is 2.17 bits per heavy atom. The molecule has 1 aromatic carbocycles. The van der Waals surface area contributed by atoms with Crippen molar-refractivity contribution in [3.05, 3.63) is 40.9 Å². The first kappa shape index (κ1) is 15.8. The van der Waals surface area contributed by atoms with Crippen LogP contribution in [-0.4, -0.2) is 36.2 Å². The van der Waals surface area contributed by atoms with E-state index in [0.29, 0.717) is 6.54 Å². The summed E-state index contributed by atoms with van der Waals surface area (Å²) in [6.07, 6.45) is 3.24. The standard InChI is InChI=1S/C18H18BrNO4/c1-10(2)23-17(22)14-13-7-8-18(24-13)9-20(16(21)15(14)18)12-6-4-3-5-11(12)19/h3-8,10,13-15H,9H2,1-2H3/t13-,14+,15+,18-/m0/s1. The fourth-order valence-corrected chi connectivity index (χ4v) is 4.45. The molecule has 0 N–H and O–H groups in total. The summed E-state index contributed by atoms with van der Waals surface area (Å²) in [6.45, 7) is 4.03. The lowest BCUT2D eigenvalue weighted by atomic mass is 9.77. The number of amides is 1. The monoisotopic (exact) mass is 391 g/mol. The molecule has 1 spiro atoms. The second-order valence-electron chi connectivity index (χ2n) is 6.76. The zero-order valence-corrected chi connectivity index (χ0v) is 15.0. The molecule has 24 heavy (non-hydrogen) atoms. The Labute approximate surface area is 148 Å². The van der Waals surface area contributed by atoms with Crippen LogP contribution in [0.5, 0.6) is 0 Å². The van der Waals surface area contributed by atoms with E-state index >= 15 is 0 Å². The molecule has 1 amide bonds. The van der Waals surface area contributed by atoms with E-state index in [9.17, 15) is 9.59 Å². The van der Waals surface area contributed by atoms with Crippen molar-refractivity contribution in [3.8, 4) is 0 Å². The number of esters is 1. The topological polar surface area (TPSA) is 55.8 Å². The van der Waals surface area contributed by atoms with E-state index in [-0.39, 0.29) is 24.1 Å². The summed E-state index contributed by atoms with van der Waals surface area (Å²) in [7, 11) is 0. The van der Waals surface area contributed by atoms with E-state index in [1.807, 2.05) is 36.4 Å². The maximum atomic E-state index is 13.1. The van der Waals surface area contributed by atoms with Gasteiger partial charge in [0.25, 0.3) is 0 Å². The van der Waals surface area contributed by atoms with Crippen molar-refractivity contribution in [3.63, 3.8) is 0 Å². The highest BCUT2D eigenvalue weighted by atomic mass is 79.9. The SMILES string of the molecule is CC(C)OC(=O)[C@@H]1[C@@H]2C=C[C@@]3(CN(c4ccccc4Br)C(=O)[C@@H]13)O2. The van der Waals surface area contributed by atoms with Gasteiger partial charge in [-0.1, -0.05) is 24.3 Å². The van der Waals surface area contributed by atoms with Gasteiger partial charge in [-0.2, -0.15) is 0 Å². The quantitative estimate of drug-likeness (QED) is 0.587. The van der Waals surface area contributed by atoms with Crippen LogP contribution in [-0.2, 0) is 19.1 Å². The molecule has 6 heteroatoms. The first-order valence-corrected chi connectivity index (χ1v) is 8.86. The van der Waals surface area contributed by atoms with Crippen LogP contribution in [0.15, 0.2) is 40.9 Å². The third kappa shape index (κ3) is 2.16. The summed E-state index contributed by atoms with van der Waals surface area (Å²) in [5.41, 5.74) is 0.0697. The number of hydrogen-bond acceptors (Lipinski definition) is 4. The van der Waals surface area contributed by atoms with E-state index in [1.54, 1.807) is 18.7 Å². The van der Waals surface area contributed by atoms with Crippen LogP contribution in [0.1, 0.15) is 13.8 Å². The van der Waals surface area contributed by atoms with Crippen LogP contribution in [0.2, 0.25) is 0 Å². The molecule has 0 aliphatic carbocycles. The molecule has 126 valence electrons. The minimum absolute atomic E-state index is 0.0838. The van der Waals surface area contributed by atoms with Gasteiger partial charge in [0.2, 0.25) is 5.91 Å². The van der Waals surface area contributed by atoms with Gasteiger partial charge in [0.05, 0.1) is 30.4 Å². The van der Waals surface area contributed by atoms with Crippen molar-refractivity contribution in [1.29, 1.82) is 0 Å². The molecule has 4 rings (SSSR count). The number of fused-ring (bicyclic) bond motifs is 1. The van der Waals surface area contributed by atoms with Gasteiger partial charge in [-0.25, -0.2) is 0 Å². The first-order valence-electron chi connectivity index (χ1n) is 8.06. The second kappa shape index (κ2) is 5.43. The van der Waals surface area contributed by atoms with Gasteiger partial charge >= 0.3 is 5.97 Å². The Morgan fingerprint density at radius 1 is 1.42 bits per heavy atom. The van der Waals surface area contributed by atoms with Gasteiger partial charge in [0, 0.05) is 4.47 Å². The smallest absolute Gasteiger partial charge is 0.313 e. The number of carbonyl (C=O) groups is 2. The summed E-state index contributed by atoms with van der Waals surface area (Å²) in [5.74, 6) is -1.53. The third-order valence-corrected chi connectivity index (χ3v) is 5.54. The van der Waals surface area contributed by atoms with Gasteiger partial charge < -0.3 is 14.4 Å². The van der Waals surface area contributed by atoms with Crippen LogP contribution in [0.3, 0.4) is 0 Å². The number of para-hydroxylation sites is 1. The van der Waals surface area contributed by atoms with Crippen molar-refractivity contribution in [1.82, 2.24) is 0 Å². The molecule has 3 aliphatic heterocycles. The summed E-state index contributed by atoms with van der Waals surface area (Å²) in [5, 5.41) is 0. The Morgan fingerprint density at radius 3 is 2.88 bits per heavy atom. The predicted octanol–water partition coefficient (Wildman–Crippen LogP) is 2.69. The van der Waals surface area contributed by atoms with Gasteiger partial charge in [0.15, 0.2) is 0 Å². The van der Waals surface area contributed by atoms with Crippen molar-refractivity contribution >= 4 is 33.5 Å². The molecule has 1 aromatic rings. The number of benzene rings is 1. The highest BCUT2D eigenvalue weighted by Gasteiger charge is 2.67. The Balaban J connectivity index is 1.69.